The molecule has 0 saturated heterocycles. The van der Waals surface area contributed by atoms with Gasteiger partial charge in [-0.15, -0.1) is 0 Å². The summed E-state index contributed by atoms with van der Waals surface area (Å²) in [5.74, 6) is 0.872. The lowest BCUT2D eigenvalue weighted by Gasteiger charge is -2.16. The molecule has 0 heterocycles. The number of ether oxygens (including phenoxy) is 1. The highest BCUT2D eigenvalue weighted by Crippen LogP contribution is 2.17. The maximum Gasteiger partial charge on any atom is 0.175 e. The molecule has 0 bridgehead atoms. The average molecular weight is 206 g/mol. The summed E-state index contributed by atoms with van der Waals surface area (Å²) in [4.78, 5) is 11.6. The quantitative estimate of drug-likeness (QED) is 0.760. The predicted molar refractivity (Wildman–Crippen MR) is 61.1 cm³/mol. The van der Waals surface area contributed by atoms with Crippen LogP contribution < -0.4 is 4.74 Å². The lowest BCUT2D eigenvalue weighted by molar-refractivity contribution is -0.128. The van der Waals surface area contributed by atoms with Crippen LogP contribution in [-0.4, -0.2) is 12.4 Å². The smallest absolute Gasteiger partial charge is 0.175 e. The van der Waals surface area contributed by atoms with E-state index in [0.717, 1.165) is 11.3 Å². The van der Waals surface area contributed by atoms with Gasteiger partial charge in [-0.1, -0.05) is 32.9 Å². The molecule has 0 aromatic heterocycles. The molecule has 2 nitrogen and oxygen atoms in total. The number of rotatable bonds is 3. The molecule has 0 N–H and O–H groups in total. The number of Topliss-reactive ketones (excluding diaryl/α,β-unsaturated/α-hetero) is 1. The molecule has 0 aliphatic rings. The van der Waals surface area contributed by atoms with Gasteiger partial charge in [-0.2, -0.15) is 0 Å². The molecule has 0 aliphatic heterocycles. The minimum Gasteiger partial charge on any atom is -0.486 e. The Bertz CT molecular complexity index is 348. The predicted octanol–water partition coefficient (Wildman–Crippen LogP) is 2.99. The highest BCUT2D eigenvalue weighted by atomic mass is 16.5. The van der Waals surface area contributed by atoms with Crippen LogP contribution in [0.2, 0.25) is 0 Å². The summed E-state index contributed by atoms with van der Waals surface area (Å²) in [6, 6.07) is 7.71. The lowest BCUT2D eigenvalue weighted by Crippen LogP contribution is -2.26. The summed E-state index contributed by atoms with van der Waals surface area (Å²) in [6.07, 6.45) is 0. The first-order valence-electron chi connectivity index (χ1n) is 5.12. The van der Waals surface area contributed by atoms with E-state index < -0.39 is 0 Å². The number of hydrogen-bond donors (Lipinski definition) is 0. The second kappa shape index (κ2) is 4.47. The van der Waals surface area contributed by atoms with Crippen LogP contribution in [0.25, 0.3) is 0 Å². The Morgan fingerprint density at radius 2 is 2.00 bits per heavy atom. The molecule has 0 amide bonds. The third-order valence-corrected chi connectivity index (χ3v) is 2.20. The fourth-order valence-corrected chi connectivity index (χ4v) is 1.07. The molecule has 0 unspecified atom stereocenters. The molecule has 1 rings (SSSR count). The number of benzene rings is 1. The van der Waals surface area contributed by atoms with Crippen molar-refractivity contribution in [2.45, 2.75) is 27.7 Å². The van der Waals surface area contributed by atoms with Crippen LogP contribution in [-0.2, 0) is 4.79 Å². The van der Waals surface area contributed by atoms with E-state index >= 15 is 0 Å². The molecular formula is C13H18O2. The van der Waals surface area contributed by atoms with Crippen molar-refractivity contribution in [1.29, 1.82) is 0 Å². The minimum atomic E-state index is -0.330. The van der Waals surface area contributed by atoms with Crippen LogP contribution in [0.4, 0.5) is 0 Å². The van der Waals surface area contributed by atoms with E-state index in [0.29, 0.717) is 0 Å². The summed E-state index contributed by atoms with van der Waals surface area (Å²) in [6.45, 7) is 7.84. The van der Waals surface area contributed by atoms with E-state index in [-0.39, 0.29) is 17.8 Å². The number of ketones is 1. The van der Waals surface area contributed by atoms with Crippen LogP contribution in [0.3, 0.4) is 0 Å². The van der Waals surface area contributed by atoms with E-state index in [1.165, 1.54) is 0 Å². The SMILES string of the molecule is Cc1cccc(OCC(=O)C(C)(C)C)c1. The number of carbonyl (C=O) groups is 1. The third-order valence-electron chi connectivity index (χ3n) is 2.20. The Morgan fingerprint density at radius 3 is 2.53 bits per heavy atom. The van der Waals surface area contributed by atoms with Crippen LogP contribution in [0.1, 0.15) is 26.3 Å². The van der Waals surface area contributed by atoms with Crippen molar-refractivity contribution in [2.24, 2.45) is 5.41 Å². The van der Waals surface area contributed by atoms with Crippen molar-refractivity contribution in [3.63, 3.8) is 0 Å². The Hall–Kier alpha value is -1.31. The lowest BCUT2D eigenvalue weighted by atomic mass is 9.91. The summed E-state index contributed by atoms with van der Waals surface area (Å²) in [7, 11) is 0. The Balaban J connectivity index is 2.55. The molecular weight excluding hydrogens is 188 g/mol. The fourth-order valence-electron chi connectivity index (χ4n) is 1.07. The first kappa shape index (κ1) is 11.8. The largest absolute Gasteiger partial charge is 0.486 e. The average Bonchev–Trinajstić information content (AvgIpc) is 2.12. The van der Waals surface area contributed by atoms with Gasteiger partial charge in [-0.25, -0.2) is 0 Å². The van der Waals surface area contributed by atoms with Gasteiger partial charge in [-0.3, -0.25) is 4.79 Å². The van der Waals surface area contributed by atoms with Crippen molar-refractivity contribution >= 4 is 5.78 Å². The summed E-state index contributed by atoms with van der Waals surface area (Å²) >= 11 is 0. The van der Waals surface area contributed by atoms with Gasteiger partial charge in [0, 0.05) is 5.41 Å². The molecule has 0 atom stereocenters. The first-order valence-corrected chi connectivity index (χ1v) is 5.12. The number of hydrogen-bond acceptors (Lipinski definition) is 2. The second-order valence-corrected chi connectivity index (χ2v) is 4.78. The second-order valence-electron chi connectivity index (χ2n) is 4.78. The zero-order valence-electron chi connectivity index (χ0n) is 9.83. The van der Waals surface area contributed by atoms with E-state index in [1.54, 1.807) is 0 Å². The Labute approximate surface area is 91.3 Å². The Kier molecular flexibility index (Phi) is 3.51. The normalized spacial score (nSPS) is 11.2. The van der Waals surface area contributed by atoms with Crippen molar-refractivity contribution in [3.05, 3.63) is 29.8 Å². The maximum atomic E-state index is 11.6. The fraction of sp³-hybridized carbons (Fsp3) is 0.462. The minimum absolute atomic E-state index is 0.115. The molecule has 0 aliphatic carbocycles. The van der Waals surface area contributed by atoms with Gasteiger partial charge in [0.2, 0.25) is 0 Å². The van der Waals surface area contributed by atoms with Crippen molar-refractivity contribution in [1.82, 2.24) is 0 Å². The van der Waals surface area contributed by atoms with Crippen molar-refractivity contribution in [3.8, 4) is 5.75 Å². The highest BCUT2D eigenvalue weighted by Gasteiger charge is 2.21. The van der Waals surface area contributed by atoms with Crippen molar-refractivity contribution < 1.29 is 9.53 Å². The highest BCUT2D eigenvalue weighted by molar-refractivity contribution is 5.85. The molecule has 15 heavy (non-hydrogen) atoms. The topological polar surface area (TPSA) is 26.3 Å². The molecule has 0 saturated carbocycles. The molecule has 0 fully saturated rings. The number of aryl methyl sites for hydroxylation is 1. The zero-order valence-corrected chi connectivity index (χ0v) is 9.83. The maximum absolute atomic E-state index is 11.6. The van der Waals surface area contributed by atoms with Crippen LogP contribution >= 0.6 is 0 Å². The molecule has 1 aromatic carbocycles. The van der Waals surface area contributed by atoms with Gasteiger partial charge in [0.15, 0.2) is 5.78 Å². The van der Waals surface area contributed by atoms with Crippen LogP contribution in [0.5, 0.6) is 5.75 Å². The van der Waals surface area contributed by atoms with Gasteiger partial charge in [0.1, 0.15) is 12.4 Å². The van der Waals surface area contributed by atoms with Gasteiger partial charge >= 0.3 is 0 Å². The van der Waals surface area contributed by atoms with Gasteiger partial charge < -0.3 is 4.74 Å². The standard InChI is InChI=1S/C13H18O2/c1-10-6-5-7-11(8-10)15-9-12(14)13(2,3)4/h5-8H,9H2,1-4H3. The summed E-state index contributed by atoms with van der Waals surface area (Å²) < 4.78 is 5.43. The van der Waals surface area contributed by atoms with E-state index in [2.05, 4.69) is 0 Å². The molecule has 1 aromatic rings. The van der Waals surface area contributed by atoms with Gasteiger partial charge in [0.25, 0.3) is 0 Å². The zero-order chi connectivity index (χ0) is 11.5. The number of carbonyl (C=O) groups excluding carboxylic acids is 1. The van der Waals surface area contributed by atoms with Gasteiger partial charge in [-0.05, 0) is 24.6 Å². The first-order chi connectivity index (χ1) is 6.89. The van der Waals surface area contributed by atoms with Gasteiger partial charge in [0.05, 0.1) is 0 Å². The molecule has 82 valence electrons. The third kappa shape index (κ3) is 3.74. The Morgan fingerprint density at radius 1 is 1.33 bits per heavy atom. The summed E-state index contributed by atoms with van der Waals surface area (Å²) in [5, 5.41) is 0. The monoisotopic (exact) mass is 206 g/mol. The summed E-state index contributed by atoms with van der Waals surface area (Å²) in [5.41, 5.74) is 0.805. The van der Waals surface area contributed by atoms with E-state index in [9.17, 15) is 4.79 Å². The molecule has 0 spiro atoms. The molecule has 2 heteroatoms. The van der Waals surface area contributed by atoms with E-state index in [1.807, 2.05) is 52.0 Å². The van der Waals surface area contributed by atoms with E-state index in [4.69, 9.17) is 4.74 Å². The molecule has 0 radical (unpaired) electrons. The van der Waals surface area contributed by atoms with Crippen LogP contribution in [0, 0.1) is 12.3 Å². The van der Waals surface area contributed by atoms with Crippen LogP contribution in [0.15, 0.2) is 24.3 Å². The van der Waals surface area contributed by atoms with Crippen molar-refractivity contribution in [2.75, 3.05) is 6.61 Å².